The highest BCUT2D eigenvalue weighted by atomic mass is 35.5. The van der Waals surface area contributed by atoms with E-state index in [-0.39, 0.29) is 0 Å². The maximum Gasteiger partial charge on any atom is 0.0453 e. The van der Waals surface area contributed by atoms with Crippen LogP contribution < -0.4 is 5.32 Å². The smallest absolute Gasteiger partial charge is 0.0453 e. The summed E-state index contributed by atoms with van der Waals surface area (Å²) in [4.78, 5) is 2.43. The van der Waals surface area contributed by atoms with Crippen molar-refractivity contribution in [2.45, 2.75) is 44.8 Å². The maximum absolute atomic E-state index is 6.24. The van der Waals surface area contributed by atoms with Gasteiger partial charge in [-0.25, -0.2) is 0 Å². The topological polar surface area (TPSA) is 15.3 Å². The van der Waals surface area contributed by atoms with Crippen molar-refractivity contribution in [3.05, 3.63) is 34.9 Å². The van der Waals surface area contributed by atoms with E-state index < -0.39 is 0 Å². The Labute approximate surface area is 115 Å². The molecule has 100 valence electrons. The summed E-state index contributed by atoms with van der Waals surface area (Å²) in [6, 6.07) is 9.69. The van der Waals surface area contributed by atoms with Crippen molar-refractivity contribution < 1.29 is 0 Å². The van der Waals surface area contributed by atoms with E-state index in [1.54, 1.807) is 0 Å². The minimum atomic E-state index is 0.319. The molecule has 3 atom stereocenters. The number of benzene rings is 1. The van der Waals surface area contributed by atoms with Gasteiger partial charge in [-0.05, 0) is 51.9 Å². The Morgan fingerprint density at radius 2 is 2.11 bits per heavy atom. The third-order valence-electron chi connectivity index (χ3n) is 4.07. The zero-order valence-corrected chi connectivity index (χ0v) is 12.2. The molecule has 1 saturated heterocycles. The third-order valence-corrected chi connectivity index (χ3v) is 4.41. The molecule has 3 unspecified atom stereocenters. The van der Waals surface area contributed by atoms with Crippen LogP contribution in [0.1, 0.15) is 38.3 Å². The summed E-state index contributed by atoms with van der Waals surface area (Å²) in [7, 11) is 2.21. The van der Waals surface area contributed by atoms with Crippen LogP contribution in [-0.4, -0.2) is 30.6 Å². The van der Waals surface area contributed by atoms with Crippen LogP contribution in [0, 0.1) is 0 Å². The van der Waals surface area contributed by atoms with Gasteiger partial charge < -0.3 is 10.2 Å². The summed E-state index contributed by atoms with van der Waals surface area (Å²) in [5.41, 5.74) is 1.20. The van der Waals surface area contributed by atoms with Crippen molar-refractivity contribution in [1.29, 1.82) is 0 Å². The molecule has 1 heterocycles. The van der Waals surface area contributed by atoms with E-state index in [2.05, 4.69) is 43.2 Å². The van der Waals surface area contributed by atoms with Gasteiger partial charge in [-0.15, -0.1) is 0 Å². The molecule has 3 heteroatoms. The fourth-order valence-corrected chi connectivity index (χ4v) is 3.01. The van der Waals surface area contributed by atoms with Gasteiger partial charge in [0.25, 0.3) is 0 Å². The Morgan fingerprint density at radius 1 is 1.39 bits per heavy atom. The van der Waals surface area contributed by atoms with Crippen LogP contribution in [0.3, 0.4) is 0 Å². The molecule has 1 fully saturated rings. The molecule has 0 amide bonds. The zero-order chi connectivity index (χ0) is 13.1. The maximum atomic E-state index is 6.24. The molecule has 0 aromatic heterocycles. The average molecular weight is 267 g/mol. The molecule has 0 bridgehead atoms. The standard InChI is InChI=1S/C15H23ClN2/c1-11-10-13(8-9-18(11)3)17-12(2)14-6-4-5-7-15(14)16/h4-7,11-13,17H,8-10H2,1-3H3. The minimum Gasteiger partial charge on any atom is -0.307 e. The normalized spacial score (nSPS) is 27.1. The van der Waals surface area contributed by atoms with Gasteiger partial charge in [0.05, 0.1) is 0 Å². The first-order valence-corrected chi connectivity index (χ1v) is 7.16. The lowest BCUT2D eigenvalue weighted by Crippen LogP contribution is -2.46. The van der Waals surface area contributed by atoms with Crippen LogP contribution in [0.4, 0.5) is 0 Å². The number of rotatable bonds is 3. The molecule has 1 N–H and O–H groups in total. The molecule has 1 aromatic carbocycles. The highest BCUT2D eigenvalue weighted by molar-refractivity contribution is 6.31. The molecular formula is C15H23ClN2. The van der Waals surface area contributed by atoms with Gasteiger partial charge in [0.15, 0.2) is 0 Å². The predicted molar refractivity (Wildman–Crippen MR) is 78.1 cm³/mol. The van der Waals surface area contributed by atoms with Gasteiger partial charge in [0.1, 0.15) is 0 Å². The van der Waals surface area contributed by atoms with Crippen molar-refractivity contribution in [1.82, 2.24) is 10.2 Å². The first-order valence-electron chi connectivity index (χ1n) is 6.78. The summed E-state index contributed by atoms with van der Waals surface area (Å²) in [6.07, 6.45) is 2.43. The lowest BCUT2D eigenvalue weighted by Gasteiger charge is -2.36. The predicted octanol–water partition coefficient (Wildman–Crippen LogP) is 3.47. The van der Waals surface area contributed by atoms with Crippen LogP contribution >= 0.6 is 11.6 Å². The van der Waals surface area contributed by atoms with E-state index in [1.165, 1.54) is 24.9 Å². The van der Waals surface area contributed by atoms with Crippen molar-refractivity contribution in [2.24, 2.45) is 0 Å². The molecule has 1 aliphatic heterocycles. The second-order valence-corrected chi connectivity index (χ2v) is 5.87. The Kier molecular flexibility index (Phi) is 4.66. The molecule has 0 aliphatic carbocycles. The molecule has 0 saturated carbocycles. The molecule has 1 aromatic rings. The summed E-state index contributed by atoms with van der Waals surface area (Å²) in [5.74, 6) is 0. The first kappa shape index (κ1) is 13.9. The van der Waals surface area contributed by atoms with Crippen molar-refractivity contribution >= 4 is 11.6 Å². The fourth-order valence-electron chi connectivity index (χ4n) is 2.71. The largest absolute Gasteiger partial charge is 0.307 e. The van der Waals surface area contributed by atoms with Crippen LogP contribution in [-0.2, 0) is 0 Å². The van der Waals surface area contributed by atoms with E-state index in [0.29, 0.717) is 18.1 Å². The first-order chi connectivity index (χ1) is 8.58. The lowest BCUT2D eigenvalue weighted by molar-refractivity contribution is 0.163. The number of piperidine rings is 1. The van der Waals surface area contributed by atoms with Crippen LogP contribution in [0.2, 0.25) is 5.02 Å². The summed E-state index contributed by atoms with van der Waals surface area (Å²) >= 11 is 6.24. The van der Waals surface area contributed by atoms with E-state index in [0.717, 1.165) is 5.02 Å². The van der Waals surface area contributed by atoms with Crippen molar-refractivity contribution in [3.8, 4) is 0 Å². The Morgan fingerprint density at radius 3 is 2.78 bits per heavy atom. The number of hydrogen-bond acceptors (Lipinski definition) is 2. The number of nitrogens with one attached hydrogen (secondary N) is 1. The number of hydrogen-bond donors (Lipinski definition) is 1. The summed E-state index contributed by atoms with van der Waals surface area (Å²) in [5, 5.41) is 4.58. The molecule has 0 spiro atoms. The number of halogens is 1. The highest BCUT2D eigenvalue weighted by Gasteiger charge is 2.24. The summed E-state index contributed by atoms with van der Waals surface area (Å²) in [6.45, 7) is 5.67. The SMILES string of the molecule is CC(NC1CCN(C)C(C)C1)c1ccccc1Cl. The van der Waals surface area contributed by atoms with Gasteiger partial charge in [0.2, 0.25) is 0 Å². The Hall–Kier alpha value is -0.570. The molecule has 2 rings (SSSR count). The van der Waals surface area contributed by atoms with Gasteiger partial charge in [-0.3, -0.25) is 0 Å². The fraction of sp³-hybridized carbons (Fsp3) is 0.600. The van der Waals surface area contributed by atoms with Gasteiger partial charge in [-0.2, -0.15) is 0 Å². The second-order valence-electron chi connectivity index (χ2n) is 5.46. The number of nitrogens with zero attached hydrogens (tertiary/aromatic N) is 1. The minimum absolute atomic E-state index is 0.319. The molecule has 1 aliphatic rings. The second kappa shape index (κ2) is 6.05. The zero-order valence-electron chi connectivity index (χ0n) is 11.5. The molecule has 0 radical (unpaired) electrons. The van der Waals surface area contributed by atoms with E-state index in [9.17, 15) is 0 Å². The van der Waals surface area contributed by atoms with Crippen LogP contribution in [0.5, 0.6) is 0 Å². The monoisotopic (exact) mass is 266 g/mol. The van der Waals surface area contributed by atoms with E-state index >= 15 is 0 Å². The quantitative estimate of drug-likeness (QED) is 0.901. The average Bonchev–Trinajstić information content (AvgIpc) is 2.34. The van der Waals surface area contributed by atoms with E-state index in [1.807, 2.05) is 12.1 Å². The van der Waals surface area contributed by atoms with Crippen molar-refractivity contribution in [2.75, 3.05) is 13.6 Å². The molecule has 2 nitrogen and oxygen atoms in total. The highest BCUT2D eigenvalue weighted by Crippen LogP contribution is 2.24. The van der Waals surface area contributed by atoms with Gasteiger partial charge in [-0.1, -0.05) is 29.8 Å². The van der Waals surface area contributed by atoms with Crippen LogP contribution in [0.25, 0.3) is 0 Å². The van der Waals surface area contributed by atoms with Crippen LogP contribution in [0.15, 0.2) is 24.3 Å². The molecular weight excluding hydrogens is 244 g/mol. The van der Waals surface area contributed by atoms with Crippen molar-refractivity contribution in [3.63, 3.8) is 0 Å². The molecule has 18 heavy (non-hydrogen) atoms. The van der Waals surface area contributed by atoms with Gasteiger partial charge >= 0.3 is 0 Å². The van der Waals surface area contributed by atoms with E-state index in [4.69, 9.17) is 11.6 Å². The summed E-state index contributed by atoms with van der Waals surface area (Å²) < 4.78 is 0. The number of likely N-dealkylation sites (tertiary alicyclic amines) is 1. The lowest BCUT2D eigenvalue weighted by atomic mass is 9.97. The Balaban J connectivity index is 1.96. The van der Waals surface area contributed by atoms with Gasteiger partial charge in [0, 0.05) is 23.1 Å². The third kappa shape index (κ3) is 3.25. The Bertz CT molecular complexity index is 394.